The van der Waals surface area contributed by atoms with Gasteiger partial charge < -0.3 is 24.1 Å². The lowest BCUT2D eigenvalue weighted by Gasteiger charge is -2.27. The fourth-order valence-electron chi connectivity index (χ4n) is 3.83. The van der Waals surface area contributed by atoms with E-state index < -0.39 is 6.10 Å². The Morgan fingerprint density at radius 3 is 2.31 bits per heavy atom. The molecule has 0 unspecified atom stereocenters. The monoisotopic (exact) mass is 497 g/mol. The molecule has 0 radical (unpaired) electrons. The number of hydrogen-bond donors (Lipinski definition) is 1. The first-order valence-electron chi connectivity index (χ1n) is 12.2. The van der Waals surface area contributed by atoms with Gasteiger partial charge in [0.05, 0.1) is 37.6 Å². The number of aliphatic hydroxyl groups is 1. The fourth-order valence-corrected chi connectivity index (χ4v) is 3.83. The molecule has 3 rings (SSSR count). The first kappa shape index (κ1) is 27.7. The minimum Gasteiger partial charge on any atom is -0.493 e. The van der Waals surface area contributed by atoms with Crippen LogP contribution in [0.2, 0.25) is 0 Å². The quantitative estimate of drug-likeness (QED) is 0.372. The van der Waals surface area contributed by atoms with Crippen LogP contribution in [-0.4, -0.2) is 72.0 Å². The van der Waals surface area contributed by atoms with Gasteiger partial charge in [0, 0.05) is 39.4 Å². The van der Waals surface area contributed by atoms with E-state index in [0.717, 1.165) is 16.8 Å². The molecule has 1 atom stereocenters. The standard InChI is InChI=1S/C28H39N3O5/c1-28(2,3)35-20-22(32)18-31(16-17-33-5)19-23-26(21-12-8-7-9-13-21)29-30(4)27(23)36-25-15-11-10-14-24(25)34-6/h7-15,22,32H,16-20H2,1-6H3/t22-/m1/s1. The van der Waals surface area contributed by atoms with Gasteiger partial charge in [-0.25, -0.2) is 4.68 Å². The molecule has 196 valence electrons. The SMILES string of the molecule is COCCN(Cc1c(-c2ccccc2)nn(C)c1Oc1ccccc1OC)C[C@@H](O)COC(C)(C)C. The Morgan fingerprint density at radius 2 is 1.67 bits per heavy atom. The first-order chi connectivity index (χ1) is 17.2. The second-order valence-electron chi connectivity index (χ2n) is 9.68. The van der Waals surface area contributed by atoms with Crippen LogP contribution in [0, 0.1) is 0 Å². The summed E-state index contributed by atoms with van der Waals surface area (Å²) in [5, 5.41) is 15.6. The van der Waals surface area contributed by atoms with Crippen molar-refractivity contribution in [3.63, 3.8) is 0 Å². The maximum Gasteiger partial charge on any atom is 0.222 e. The number of rotatable bonds is 13. The lowest BCUT2D eigenvalue weighted by Crippen LogP contribution is -2.38. The zero-order valence-electron chi connectivity index (χ0n) is 22.2. The van der Waals surface area contributed by atoms with Crippen molar-refractivity contribution in [3.8, 4) is 28.6 Å². The van der Waals surface area contributed by atoms with Crippen LogP contribution in [0.1, 0.15) is 26.3 Å². The van der Waals surface area contributed by atoms with Crippen molar-refractivity contribution < 1.29 is 24.1 Å². The van der Waals surface area contributed by atoms with Gasteiger partial charge in [-0.05, 0) is 32.9 Å². The molecule has 0 fully saturated rings. The Bertz CT molecular complexity index is 1080. The van der Waals surface area contributed by atoms with Gasteiger partial charge in [-0.1, -0.05) is 42.5 Å². The number of aliphatic hydroxyl groups excluding tert-OH is 1. The summed E-state index contributed by atoms with van der Waals surface area (Å²) in [6.45, 7) is 8.24. The molecule has 8 nitrogen and oxygen atoms in total. The van der Waals surface area contributed by atoms with Crippen LogP contribution >= 0.6 is 0 Å². The largest absolute Gasteiger partial charge is 0.493 e. The smallest absolute Gasteiger partial charge is 0.222 e. The summed E-state index contributed by atoms with van der Waals surface area (Å²) in [7, 11) is 5.16. The molecule has 0 spiro atoms. The second-order valence-corrected chi connectivity index (χ2v) is 9.68. The molecular weight excluding hydrogens is 458 g/mol. The van der Waals surface area contributed by atoms with Gasteiger partial charge in [0.2, 0.25) is 5.88 Å². The van der Waals surface area contributed by atoms with Crippen LogP contribution in [0.25, 0.3) is 11.3 Å². The highest BCUT2D eigenvalue weighted by molar-refractivity contribution is 5.66. The molecule has 1 N–H and O–H groups in total. The van der Waals surface area contributed by atoms with E-state index in [2.05, 4.69) is 4.90 Å². The molecule has 0 bridgehead atoms. The van der Waals surface area contributed by atoms with Gasteiger partial charge in [0.15, 0.2) is 11.5 Å². The van der Waals surface area contributed by atoms with Crippen molar-refractivity contribution in [1.29, 1.82) is 0 Å². The summed E-state index contributed by atoms with van der Waals surface area (Å²) in [5.74, 6) is 1.85. The third-order valence-corrected chi connectivity index (χ3v) is 5.58. The topological polar surface area (TPSA) is 78.2 Å². The van der Waals surface area contributed by atoms with Crippen LogP contribution in [0.4, 0.5) is 0 Å². The number of aromatic nitrogens is 2. The first-order valence-corrected chi connectivity index (χ1v) is 12.2. The van der Waals surface area contributed by atoms with Gasteiger partial charge in [-0.2, -0.15) is 5.10 Å². The van der Waals surface area contributed by atoms with E-state index in [4.69, 9.17) is 24.0 Å². The van der Waals surface area contributed by atoms with Crippen molar-refractivity contribution in [2.24, 2.45) is 7.05 Å². The Hall–Kier alpha value is -2.91. The van der Waals surface area contributed by atoms with E-state index in [-0.39, 0.29) is 12.2 Å². The van der Waals surface area contributed by atoms with Gasteiger partial charge >= 0.3 is 0 Å². The van der Waals surface area contributed by atoms with Crippen LogP contribution in [-0.2, 0) is 23.1 Å². The highest BCUT2D eigenvalue weighted by Crippen LogP contribution is 2.37. The average Bonchev–Trinajstić information content (AvgIpc) is 3.16. The second kappa shape index (κ2) is 12.9. The summed E-state index contributed by atoms with van der Waals surface area (Å²) in [6, 6.07) is 17.6. The van der Waals surface area contributed by atoms with E-state index >= 15 is 0 Å². The molecule has 0 saturated heterocycles. The molecule has 3 aromatic rings. The zero-order valence-corrected chi connectivity index (χ0v) is 22.2. The Morgan fingerprint density at radius 1 is 1.00 bits per heavy atom. The third kappa shape index (κ3) is 7.80. The Labute approximate surface area is 214 Å². The molecule has 1 heterocycles. The van der Waals surface area contributed by atoms with E-state index in [1.165, 1.54) is 0 Å². The van der Waals surface area contributed by atoms with E-state index in [0.29, 0.717) is 43.6 Å². The molecule has 0 aliphatic rings. The number of para-hydroxylation sites is 2. The molecular formula is C28H39N3O5. The van der Waals surface area contributed by atoms with Crippen molar-refractivity contribution >= 4 is 0 Å². The van der Waals surface area contributed by atoms with Crippen LogP contribution < -0.4 is 9.47 Å². The molecule has 0 aliphatic carbocycles. The molecule has 2 aromatic carbocycles. The number of benzene rings is 2. The molecule has 36 heavy (non-hydrogen) atoms. The maximum atomic E-state index is 10.7. The summed E-state index contributed by atoms with van der Waals surface area (Å²) >= 11 is 0. The summed E-state index contributed by atoms with van der Waals surface area (Å²) in [5.41, 5.74) is 2.40. The fraction of sp³-hybridized carbons (Fsp3) is 0.464. The predicted octanol–water partition coefficient (Wildman–Crippen LogP) is 4.51. The zero-order chi connectivity index (χ0) is 26.1. The van der Waals surface area contributed by atoms with Crippen LogP contribution in [0.5, 0.6) is 17.4 Å². The number of methoxy groups -OCH3 is 2. The number of ether oxygens (including phenoxy) is 4. The van der Waals surface area contributed by atoms with Gasteiger partial charge in [-0.15, -0.1) is 0 Å². The van der Waals surface area contributed by atoms with E-state index in [1.807, 2.05) is 82.4 Å². The minimum absolute atomic E-state index is 0.246. The van der Waals surface area contributed by atoms with Crippen LogP contribution in [0.3, 0.4) is 0 Å². The van der Waals surface area contributed by atoms with Crippen molar-refractivity contribution in [2.45, 2.75) is 39.0 Å². The maximum absolute atomic E-state index is 10.7. The summed E-state index contributed by atoms with van der Waals surface area (Å²) in [6.07, 6.45) is -0.656. The number of aryl methyl sites for hydroxylation is 1. The Balaban J connectivity index is 1.96. The molecule has 0 amide bonds. The highest BCUT2D eigenvalue weighted by atomic mass is 16.5. The molecule has 0 saturated carbocycles. The molecule has 1 aromatic heterocycles. The van der Waals surface area contributed by atoms with Crippen molar-refractivity contribution in [2.75, 3.05) is 40.5 Å². The normalized spacial score (nSPS) is 12.7. The van der Waals surface area contributed by atoms with E-state index in [9.17, 15) is 5.11 Å². The molecule has 8 heteroatoms. The van der Waals surface area contributed by atoms with Gasteiger partial charge in [0.25, 0.3) is 0 Å². The summed E-state index contributed by atoms with van der Waals surface area (Å²) < 4.78 is 24.8. The van der Waals surface area contributed by atoms with Gasteiger partial charge in [0.1, 0.15) is 5.69 Å². The van der Waals surface area contributed by atoms with E-state index in [1.54, 1.807) is 18.9 Å². The lowest BCUT2D eigenvalue weighted by atomic mass is 10.1. The highest BCUT2D eigenvalue weighted by Gasteiger charge is 2.24. The predicted molar refractivity (Wildman–Crippen MR) is 141 cm³/mol. The van der Waals surface area contributed by atoms with Crippen LogP contribution in [0.15, 0.2) is 54.6 Å². The Kier molecular flexibility index (Phi) is 9.89. The minimum atomic E-state index is -0.656. The van der Waals surface area contributed by atoms with Gasteiger partial charge in [-0.3, -0.25) is 4.90 Å². The number of hydrogen-bond acceptors (Lipinski definition) is 7. The van der Waals surface area contributed by atoms with Crippen molar-refractivity contribution in [1.82, 2.24) is 14.7 Å². The summed E-state index contributed by atoms with van der Waals surface area (Å²) in [4.78, 5) is 2.14. The molecule has 0 aliphatic heterocycles. The number of nitrogens with zero attached hydrogens (tertiary/aromatic N) is 3. The lowest BCUT2D eigenvalue weighted by molar-refractivity contribution is -0.0576. The van der Waals surface area contributed by atoms with Crippen molar-refractivity contribution in [3.05, 3.63) is 60.2 Å². The average molecular weight is 498 g/mol. The third-order valence-electron chi connectivity index (χ3n) is 5.58.